The number of nitrogens with zero attached hydrogens (tertiary/aromatic N) is 1. The molecule has 3 heteroatoms. The van der Waals surface area contributed by atoms with Crippen LogP contribution in [0.5, 0.6) is 0 Å². The lowest BCUT2D eigenvalue weighted by Gasteiger charge is -2.43. The minimum Gasteiger partial charge on any atom is -0.342 e. The SMILES string of the molecule is C[C@H]1C[C@@H](C(=O)N2CCCC(C)(c3ccccc3)C2)CCN1. The van der Waals surface area contributed by atoms with E-state index < -0.39 is 0 Å². The molecule has 3 atom stereocenters. The van der Waals surface area contributed by atoms with Gasteiger partial charge >= 0.3 is 0 Å². The van der Waals surface area contributed by atoms with Crippen molar-refractivity contribution in [2.75, 3.05) is 19.6 Å². The van der Waals surface area contributed by atoms with E-state index in [1.165, 1.54) is 12.0 Å². The van der Waals surface area contributed by atoms with Crippen molar-refractivity contribution in [1.29, 1.82) is 0 Å². The van der Waals surface area contributed by atoms with E-state index in [0.717, 1.165) is 38.9 Å². The molecule has 1 unspecified atom stereocenters. The van der Waals surface area contributed by atoms with Gasteiger partial charge in [0.05, 0.1) is 0 Å². The maximum absolute atomic E-state index is 12.9. The standard InChI is InChI=1S/C19H28N2O/c1-15-13-16(9-11-20-15)18(22)21-12-6-10-19(2,14-21)17-7-4-3-5-8-17/h3-5,7-8,15-16,20H,6,9-14H2,1-2H3/t15-,16-,19?/m0/s1. The van der Waals surface area contributed by atoms with Crippen molar-refractivity contribution >= 4 is 5.91 Å². The molecule has 0 bridgehead atoms. The van der Waals surface area contributed by atoms with Crippen LogP contribution < -0.4 is 5.32 Å². The molecule has 0 saturated carbocycles. The number of likely N-dealkylation sites (tertiary alicyclic amines) is 1. The molecule has 3 nitrogen and oxygen atoms in total. The third-order valence-corrected chi connectivity index (χ3v) is 5.45. The van der Waals surface area contributed by atoms with Gasteiger partial charge in [-0.15, -0.1) is 0 Å². The van der Waals surface area contributed by atoms with Crippen LogP contribution in [0.25, 0.3) is 0 Å². The first-order valence-corrected chi connectivity index (χ1v) is 8.66. The Labute approximate surface area is 134 Å². The average Bonchev–Trinajstić information content (AvgIpc) is 2.55. The van der Waals surface area contributed by atoms with Gasteiger partial charge in [0.25, 0.3) is 0 Å². The number of piperidine rings is 2. The van der Waals surface area contributed by atoms with Gasteiger partial charge in [0.1, 0.15) is 0 Å². The monoisotopic (exact) mass is 300 g/mol. The van der Waals surface area contributed by atoms with Gasteiger partial charge in [-0.1, -0.05) is 37.3 Å². The fourth-order valence-electron chi connectivity index (χ4n) is 4.12. The van der Waals surface area contributed by atoms with E-state index in [1.54, 1.807) is 0 Å². The molecule has 2 aliphatic rings. The normalized spacial score (nSPS) is 32.7. The molecule has 0 aromatic heterocycles. The molecule has 1 amide bonds. The van der Waals surface area contributed by atoms with E-state index in [2.05, 4.69) is 54.4 Å². The van der Waals surface area contributed by atoms with E-state index in [0.29, 0.717) is 11.9 Å². The first-order chi connectivity index (χ1) is 10.6. The van der Waals surface area contributed by atoms with Crippen molar-refractivity contribution in [3.05, 3.63) is 35.9 Å². The van der Waals surface area contributed by atoms with Crippen LogP contribution >= 0.6 is 0 Å². The van der Waals surface area contributed by atoms with Gasteiger partial charge in [0, 0.05) is 30.5 Å². The van der Waals surface area contributed by atoms with Crippen LogP contribution in [-0.4, -0.2) is 36.5 Å². The third-order valence-electron chi connectivity index (χ3n) is 5.45. The molecule has 0 radical (unpaired) electrons. The van der Waals surface area contributed by atoms with Crippen molar-refractivity contribution in [3.8, 4) is 0 Å². The van der Waals surface area contributed by atoms with Crippen molar-refractivity contribution in [3.63, 3.8) is 0 Å². The summed E-state index contributed by atoms with van der Waals surface area (Å²) in [5.74, 6) is 0.601. The Bertz CT molecular complexity index is 515. The zero-order valence-corrected chi connectivity index (χ0v) is 13.8. The van der Waals surface area contributed by atoms with Crippen LogP contribution in [0.4, 0.5) is 0 Å². The molecule has 1 aromatic rings. The fraction of sp³-hybridized carbons (Fsp3) is 0.632. The summed E-state index contributed by atoms with van der Waals surface area (Å²) in [6.07, 6.45) is 4.25. The number of rotatable bonds is 2. The van der Waals surface area contributed by atoms with Gasteiger partial charge in [-0.25, -0.2) is 0 Å². The van der Waals surface area contributed by atoms with Crippen LogP contribution in [0.15, 0.2) is 30.3 Å². The highest BCUT2D eigenvalue weighted by atomic mass is 16.2. The second-order valence-electron chi connectivity index (χ2n) is 7.37. The summed E-state index contributed by atoms with van der Waals surface area (Å²) in [6.45, 7) is 7.27. The van der Waals surface area contributed by atoms with Crippen LogP contribution in [0, 0.1) is 5.92 Å². The minimum atomic E-state index is 0.105. The average molecular weight is 300 g/mol. The second-order valence-corrected chi connectivity index (χ2v) is 7.37. The van der Waals surface area contributed by atoms with Crippen LogP contribution in [0.1, 0.15) is 45.1 Å². The molecule has 3 rings (SSSR count). The molecular formula is C19H28N2O. The Hall–Kier alpha value is -1.35. The molecule has 2 saturated heterocycles. The molecule has 120 valence electrons. The molecule has 2 fully saturated rings. The molecule has 1 N–H and O–H groups in total. The summed E-state index contributed by atoms with van der Waals surface area (Å²) in [7, 11) is 0. The zero-order chi connectivity index (χ0) is 15.6. The molecule has 1 aromatic carbocycles. The van der Waals surface area contributed by atoms with Crippen LogP contribution in [0.2, 0.25) is 0 Å². The van der Waals surface area contributed by atoms with E-state index in [-0.39, 0.29) is 11.3 Å². The van der Waals surface area contributed by atoms with Gasteiger partial charge in [0.2, 0.25) is 5.91 Å². The number of nitrogens with one attached hydrogen (secondary N) is 1. The fourth-order valence-corrected chi connectivity index (χ4v) is 4.12. The van der Waals surface area contributed by atoms with E-state index in [1.807, 2.05) is 0 Å². The summed E-state index contributed by atoms with van der Waals surface area (Å²) in [6, 6.07) is 11.2. The maximum Gasteiger partial charge on any atom is 0.225 e. The van der Waals surface area contributed by atoms with Gasteiger partial charge in [0.15, 0.2) is 0 Å². The summed E-state index contributed by atoms with van der Waals surface area (Å²) >= 11 is 0. The summed E-state index contributed by atoms with van der Waals surface area (Å²) in [5.41, 5.74) is 1.47. The van der Waals surface area contributed by atoms with Crippen molar-refractivity contribution in [1.82, 2.24) is 10.2 Å². The van der Waals surface area contributed by atoms with Gasteiger partial charge in [-0.2, -0.15) is 0 Å². The number of hydrogen-bond donors (Lipinski definition) is 1. The van der Waals surface area contributed by atoms with Crippen LogP contribution in [-0.2, 0) is 10.2 Å². The highest BCUT2D eigenvalue weighted by molar-refractivity contribution is 5.79. The van der Waals surface area contributed by atoms with Crippen LogP contribution in [0.3, 0.4) is 0 Å². The van der Waals surface area contributed by atoms with Gasteiger partial charge in [-0.3, -0.25) is 4.79 Å². The topological polar surface area (TPSA) is 32.3 Å². The molecule has 22 heavy (non-hydrogen) atoms. The van der Waals surface area contributed by atoms with E-state index in [9.17, 15) is 4.79 Å². The lowest BCUT2D eigenvalue weighted by Crippen LogP contribution is -2.51. The largest absolute Gasteiger partial charge is 0.342 e. The molecule has 0 spiro atoms. The molecule has 2 aliphatic heterocycles. The predicted octanol–water partition coefficient (Wildman–Crippen LogP) is 2.95. The first-order valence-electron chi connectivity index (χ1n) is 8.66. The molecule has 0 aliphatic carbocycles. The molecule has 2 heterocycles. The lowest BCUT2D eigenvalue weighted by atomic mass is 9.75. The minimum absolute atomic E-state index is 0.105. The summed E-state index contributed by atoms with van der Waals surface area (Å²) in [5, 5.41) is 3.44. The second kappa shape index (κ2) is 6.41. The number of amides is 1. The molecular weight excluding hydrogens is 272 g/mol. The lowest BCUT2D eigenvalue weighted by molar-refractivity contribution is -0.138. The zero-order valence-electron chi connectivity index (χ0n) is 13.8. The summed E-state index contributed by atoms with van der Waals surface area (Å²) in [4.78, 5) is 15.1. The Kier molecular flexibility index (Phi) is 4.53. The number of hydrogen-bond acceptors (Lipinski definition) is 2. The van der Waals surface area contributed by atoms with Crippen molar-refractivity contribution < 1.29 is 4.79 Å². The Morgan fingerprint density at radius 1 is 1.32 bits per heavy atom. The highest BCUT2D eigenvalue weighted by Crippen LogP contribution is 2.34. The highest BCUT2D eigenvalue weighted by Gasteiger charge is 2.37. The first kappa shape index (κ1) is 15.5. The Morgan fingerprint density at radius 3 is 2.82 bits per heavy atom. The predicted molar refractivity (Wildman–Crippen MR) is 89.8 cm³/mol. The third kappa shape index (κ3) is 3.19. The number of carbonyl (C=O) groups is 1. The number of benzene rings is 1. The Balaban J connectivity index is 1.71. The Morgan fingerprint density at radius 2 is 2.09 bits per heavy atom. The van der Waals surface area contributed by atoms with E-state index >= 15 is 0 Å². The van der Waals surface area contributed by atoms with Crippen molar-refractivity contribution in [2.24, 2.45) is 5.92 Å². The van der Waals surface area contributed by atoms with Gasteiger partial charge < -0.3 is 10.2 Å². The quantitative estimate of drug-likeness (QED) is 0.911. The van der Waals surface area contributed by atoms with Gasteiger partial charge in [-0.05, 0) is 44.7 Å². The van der Waals surface area contributed by atoms with Crippen molar-refractivity contribution in [2.45, 2.75) is 51.0 Å². The smallest absolute Gasteiger partial charge is 0.225 e. The maximum atomic E-state index is 12.9. The number of carbonyl (C=O) groups excluding carboxylic acids is 1. The summed E-state index contributed by atoms with van der Waals surface area (Å²) < 4.78 is 0. The van der Waals surface area contributed by atoms with E-state index in [4.69, 9.17) is 0 Å².